The molecule has 2 N–H and O–H groups in total. The summed E-state index contributed by atoms with van der Waals surface area (Å²) >= 11 is 0. The molecule has 0 bridgehead atoms. The van der Waals surface area contributed by atoms with Crippen molar-refractivity contribution in [1.29, 1.82) is 0 Å². The zero-order valence-electron chi connectivity index (χ0n) is 11.2. The zero-order valence-corrected chi connectivity index (χ0v) is 11.2. The predicted octanol–water partition coefficient (Wildman–Crippen LogP) is 0.349. The molecular formula is C13H20N4O2. The number of hydrogen-bond donors (Lipinski definition) is 1. The van der Waals surface area contributed by atoms with Gasteiger partial charge in [0.15, 0.2) is 0 Å². The summed E-state index contributed by atoms with van der Waals surface area (Å²) < 4.78 is 4.65. The molecule has 6 nitrogen and oxygen atoms in total. The van der Waals surface area contributed by atoms with E-state index in [0.29, 0.717) is 12.2 Å². The SMILES string of the molecule is COC(=O)CCN1CCN(c2ccnc(N)c2)CC1. The summed E-state index contributed by atoms with van der Waals surface area (Å²) in [6.07, 6.45) is 2.19. The van der Waals surface area contributed by atoms with Gasteiger partial charge in [-0.3, -0.25) is 9.69 Å². The van der Waals surface area contributed by atoms with Crippen LogP contribution in [-0.2, 0) is 9.53 Å². The van der Waals surface area contributed by atoms with Crippen LogP contribution in [0.25, 0.3) is 0 Å². The smallest absolute Gasteiger partial charge is 0.306 e. The third-order valence-electron chi connectivity index (χ3n) is 3.36. The van der Waals surface area contributed by atoms with E-state index in [1.165, 1.54) is 7.11 Å². The van der Waals surface area contributed by atoms with E-state index in [-0.39, 0.29) is 5.97 Å². The number of hydrogen-bond acceptors (Lipinski definition) is 6. The molecule has 104 valence electrons. The molecule has 1 aromatic rings. The number of anilines is 2. The molecule has 0 amide bonds. The largest absolute Gasteiger partial charge is 0.469 e. The second-order valence-corrected chi connectivity index (χ2v) is 4.59. The highest BCUT2D eigenvalue weighted by Crippen LogP contribution is 2.17. The highest BCUT2D eigenvalue weighted by molar-refractivity contribution is 5.69. The highest BCUT2D eigenvalue weighted by Gasteiger charge is 2.18. The van der Waals surface area contributed by atoms with E-state index in [0.717, 1.165) is 38.4 Å². The lowest BCUT2D eigenvalue weighted by atomic mass is 10.2. The van der Waals surface area contributed by atoms with Gasteiger partial charge in [0.05, 0.1) is 13.5 Å². The van der Waals surface area contributed by atoms with E-state index in [2.05, 4.69) is 19.5 Å². The Balaban J connectivity index is 1.81. The van der Waals surface area contributed by atoms with Crippen molar-refractivity contribution in [1.82, 2.24) is 9.88 Å². The first-order chi connectivity index (χ1) is 9.19. The van der Waals surface area contributed by atoms with E-state index < -0.39 is 0 Å². The van der Waals surface area contributed by atoms with Gasteiger partial charge in [-0.25, -0.2) is 4.98 Å². The Bertz CT molecular complexity index is 430. The Hall–Kier alpha value is -1.82. The van der Waals surface area contributed by atoms with Crippen LogP contribution in [0.4, 0.5) is 11.5 Å². The van der Waals surface area contributed by atoms with Crippen molar-refractivity contribution in [2.24, 2.45) is 0 Å². The topological polar surface area (TPSA) is 71.7 Å². The standard InChI is InChI=1S/C13H20N4O2/c1-19-13(18)3-5-16-6-8-17(9-7-16)11-2-4-15-12(14)10-11/h2,4,10H,3,5-9H2,1H3,(H2,14,15). The van der Waals surface area contributed by atoms with Gasteiger partial charge in [-0.15, -0.1) is 0 Å². The minimum atomic E-state index is -0.149. The lowest BCUT2D eigenvalue weighted by molar-refractivity contribution is -0.141. The number of carbonyl (C=O) groups excluding carboxylic acids is 1. The zero-order chi connectivity index (χ0) is 13.7. The summed E-state index contributed by atoms with van der Waals surface area (Å²) in [5.74, 6) is 0.398. The van der Waals surface area contributed by atoms with Crippen molar-refractivity contribution >= 4 is 17.5 Å². The van der Waals surface area contributed by atoms with Gasteiger partial charge in [0.25, 0.3) is 0 Å². The van der Waals surface area contributed by atoms with Crippen molar-refractivity contribution in [2.45, 2.75) is 6.42 Å². The van der Waals surface area contributed by atoms with E-state index in [1.807, 2.05) is 12.1 Å². The Morgan fingerprint density at radius 2 is 2.16 bits per heavy atom. The molecule has 19 heavy (non-hydrogen) atoms. The maximum absolute atomic E-state index is 11.1. The lowest BCUT2D eigenvalue weighted by Crippen LogP contribution is -2.47. The molecule has 0 aliphatic carbocycles. The van der Waals surface area contributed by atoms with Gasteiger partial charge in [-0.05, 0) is 6.07 Å². The number of ether oxygens (including phenoxy) is 1. The van der Waals surface area contributed by atoms with E-state index in [9.17, 15) is 4.79 Å². The second-order valence-electron chi connectivity index (χ2n) is 4.59. The van der Waals surface area contributed by atoms with Crippen LogP contribution in [0.1, 0.15) is 6.42 Å². The predicted molar refractivity (Wildman–Crippen MR) is 73.9 cm³/mol. The van der Waals surface area contributed by atoms with Crippen LogP contribution in [0.3, 0.4) is 0 Å². The fraction of sp³-hybridized carbons (Fsp3) is 0.538. The van der Waals surface area contributed by atoms with Crippen molar-refractivity contribution in [3.8, 4) is 0 Å². The average Bonchev–Trinajstić information content (AvgIpc) is 2.45. The summed E-state index contributed by atoms with van der Waals surface area (Å²) in [6.45, 7) is 4.52. The summed E-state index contributed by atoms with van der Waals surface area (Å²) in [4.78, 5) is 19.7. The van der Waals surface area contributed by atoms with E-state index >= 15 is 0 Å². The average molecular weight is 264 g/mol. The Morgan fingerprint density at radius 1 is 1.42 bits per heavy atom. The number of carbonyl (C=O) groups is 1. The normalized spacial score (nSPS) is 16.4. The molecule has 2 heterocycles. The fourth-order valence-corrected chi connectivity index (χ4v) is 2.21. The number of aromatic nitrogens is 1. The van der Waals surface area contributed by atoms with Crippen molar-refractivity contribution < 1.29 is 9.53 Å². The minimum absolute atomic E-state index is 0.149. The number of pyridine rings is 1. The molecule has 1 saturated heterocycles. The number of nitrogens with two attached hydrogens (primary N) is 1. The molecule has 0 spiro atoms. The van der Waals surface area contributed by atoms with Crippen molar-refractivity contribution in [3.05, 3.63) is 18.3 Å². The van der Waals surface area contributed by atoms with Crippen LogP contribution in [0.5, 0.6) is 0 Å². The quantitative estimate of drug-likeness (QED) is 0.791. The Kier molecular flexibility index (Phi) is 4.57. The van der Waals surface area contributed by atoms with Crippen molar-refractivity contribution in [2.75, 3.05) is 50.5 Å². The molecule has 6 heteroatoms. The maximum Gasteiger partial charge on any atom is 0.306 e. The maximum atomic E-state index is 11.1. The first-order valence-electron chi connectivity index (χ1n) is 6.44. The van der Waals surface area contributed by atoms with Gasteiger partial charge in [-0.2, -0.15) is 0 Å². The second kappa shape index (κ2) is 6.38. The molecule has 0 unspecified atom stereocenters. The molecule has 1 aromatic heterocycles. The molecule has 0 atom stereocenters. The number of rotatable bonds is 4. The molecule has 0 saturated carbocycles. The molecule has 1 fully saturated rings. The monoisotopic (exact) mass is 264 g/mol. The molecule has 1 aliphatic heterocycles. The van der Waals surface area contributed by atoms with E-state index in [1.54, 1.807) is 6.20 Å². The van der Waals surface area contributed by atoms with Crippen LogP contribution in [0.2, 0.25) is 0 Å². The van der Waals surface area contributed by atoms with Gasteiger partial charge in [0, 0.05) is 50.7 Å². The molecule has 0 radical (unpaired) electrons. The van der Waals surface area contributed by atoms with Gasteiger partial charge >= 0.3 is 5.97 Å². The number of nitrogen functional groups attached to an aromatic ring is 1. The van der Waals surface area contributed by atoms with Crippen LogP contribution in [0.15, 0.2) is 18.3 Å². The van der Waals surface area contributed by atoms with Crippen LogP contribution < -0.4 is 10.6 Å². The molecule has 0 aromatic carbocycles. The first kappa shape index (κ1) is 13.6. The summed E-state index contributed by atoms with van der Waals surface area (Å²) in [5, 5.41) is 0. The van der Waals surface area contributed by atoms with E-state index in [4.69, 9.17) is 5.73 Å². The van der Waals surface area contributed by atoms with Crippen LogP contribution in [-0.4, -0.2) is 55.7 Å². The third-order valence-corrected chi connectivity index (χ3v) is 3.36. The minimum Gasteiger partial charge on any atom is -0.469 e. The third kappa shape index (κ3) is 3.82. The van der Waals surface area contributed by atoms with Crippen LogP contribution in [0, 0.1) is 0 Å². The van der Waals surface area contributed by atoms with Gasteiger partial charge < -0.3 is 15.4 Å². The first-order valence-corrected chi connectivity index (χ1v) is 6.44. The number of esters is 1. The molecule has 2 rings (SSSR count). The van der Waals surface area contributed by atoms with Gasteiger partial charge in [-0.1, -0.05) is 0 Å². The summed E-state index contributed by atoms with van der Waals surface area (Å²) in [6, 6.07) is 3.87. The lowest BCUT2D eigenvalue weighted by Gasteiger charge is -2.35. The molecule has 1 aliphatic rings. The summed E-state index contributed by atoms with van der Waals surface area (Å²) in [7, 11) is 1.42. The van der Waals surface area contributed by atoms with Gasteiger partial charge in [0.1, 0.15) is 5.82 Å². The Morgan fingerprint density at radius 3 is 2.79 bits per heavy atom. The highest BCUT2D eigenvalue weighted by atomic mass is 16.5. The fourth-order valence-electron chi connectivity index (χ4n) is 2.21. The van der Waals surface area contributed by atoms with Gasteiger partial charge in [0.2, 0.25) is 0 Å². The Labute approximate surface area is 113 Å². The van der Waals surface area contributed by atoms with Crippen molar-refractivity contribution in [3.63, 3.8) is 0 Å². The number of piperazine rings is 1. The number of nitrogens with zero attached hydrogens (tertiary/aromatic N) is 3. The summed E-state index contributed by atoms with van der Waals surface area (Å²) in [5.41, 5.74) is 6.80. The van der Waals surface area contributed by atoms with Crippen LogP contribution >= 0.6 is 0 Å². The molecular weight excluding hydrogens is 244 g/mol. The number of methoxy groups -OCH3 is 1.